The molecule has 0 bridgehead atoms. The molecule has 116 valence electrons. The summed E-state index contributed by atoms with van der Waals surface area (Å²) in [7, 11) is 0. The Morgan fingerprint density at radius 3 is 2.43 bits per heavy atom. The monoisotopic (exact) mass is 313 g/mol. The van der Waals surface area contributed by atoms with E-state index >= 15 is 0 Å². The Bertz CT molecular complexity index is 813. The molecule has 0 fully saturated rings. The van der Waals surface area contributed by atoms with Crippen molar-refractivity contribution in [3.8, 4) is 17.2 Å². The van der Waals surface area contributed by atoms with E-state index in [1.807, 2.05) is 0 Å². The second kappa shape index (κ2) is 6.27. The maximum atomic E-state index is 12.9. The topological polar surface area (TPSA) is 91.2 Å². The zero-order chi connectivity index (χ0) is 16.2. The van der Waals surface area contributed by atoms with Crippen molar-refractivity contribution in [3.63, 3.8) is 0 Å². The second-order valence-electron chi connectivity index (χ2n) is 4.69. The van der Waals surface area contributed by atoms with Gasteiger partial charge in [0.1, 0.15) is 11.6 Å². The third-order valence-electron chi connectivity index (χ3n) is 3.06. The van der Waals surface area contributed by atoms with E-state index in [1.54, 1.807) is 36.4 Å². The number of hydrogen-bond acceptors (Lipinski definition) is 5. The molecule has 7 heteroatoms. The van der Waals surface area contributed by atoms with Gasteiger partial charge >= 0.3 is 0 Å². The van der Waals surface area contributed by atoms with Crippen LogP contribution in [0.3, 0.4) is 0 Å². The minimum absolute atomic E-state index is 0.0735. The van der Waals surface area contributed by atoms with Crippen LogP contribution in [0.15, 0.2) is 52.9 Å². The molecule has 0 aliphatic heterocycles. The predicted octanol–water partition coefficient (Wildman–Crippen LogP) is 2.55. The molecule has 2 N–H and O–H groups in total. The average Bonchev–Trinajstić information content (AvgIpc) is 3.03. The number of primary amides is 1. The van der Waals surface area contributed by atoms with Gasteiger partial charge in [-0.2, -0.15) is 0 Å². The SMILES string of the molecule is NC(=O)c1ccc(OCc2nnc(-c3ccc(F)cc3)o2)cc1. The maximum Gasteiger partial charge on any atom is 0.254 e. The van der Waals surface area contributed by atoms with Crippen LogP contribution in [0.25, 0.3) is 11.5 Å². The minimum atomic E-state index is -0.502. The Morgan fingerprint density at radius 1 is 1.09 bits per heavy atom. The number of ether oxygens (including phenoxy) is 1. The smallest absolute Gasteiger partial charge is 0.254 e. The van der Waals surface area contributed by atoms with Crippen molar-refractivity contribution in [1.29, 1.82) is 0 Å². The van der Waals surface area contributed by atoms with Crippen molar-refractivity contribution in [1.82, 2.24) is 10.2 Å². The lowest BCUT2D eigenvalue weighted by Crippen LogP contribution is -2.10. The first-order valence-electron chi connectivity index (χ1n) is 6.73. The van der Waals surface area contributed by atoms with Crippen LogP contribution in [0, 0.1) is 5.82 Å². The maximum absolute atomic E-state index is 12.9. The minimum Gasteiger partial charge on any atom is -0.484 e. The van der Waals surface area contributed by atoms with Crippen LogP contribution < -0.4 is 10.5 Å². The zero-order valence-electron chi connectivity index (χ0n) is 11.9. The summed E-state index contributed by atoms with van der Waals surface area (Å²) >= 11 is 0. The van der Waals surface area contributed by atoms with Crippen LogP contribution in [-0.4, -0.2) is 16.1 Å². The summed E-state index contributed by atoms with van der Waals surface area (Å²) in [4.78, 5) is 11.0. The van der Waals surface area contributed by atoms with E-state index in [1.165, 1.54) is 12.1 Å². The van der Waals surface area contributed by atoms with Crippen molar-refractivity contribution in [2.45, 2.75) is 6.61 Å². The van der Waals surface area contributed by atoms with Crippen LogP contribution in [0.1, 0.15) is 16.2 Å². The van der Waals surface area contributed by atoms with E-state index in [2.05, 4.69) is 10.2 Å². The number of aromatic nitrogens is 2. The van der Waals surface area contributed by atoms with Gasteiger partial charge in [-0.05, 0) is 48.5 Å². The van der Waals surface area contributed by atoms with Gasteiger partial charge in [-0.3, -0.25) is 4.79 Å². The number of carbonyl (C=O) groups is 1. The third kappa shape index (κ3) is 3.52. The van der Waals surface area contributed by atoms with E-state index < -0.39 is 5.91 Å². The largest absolute Gasteiger partial charge is 0.484 e. The van der Waals surface area contributed by atoms with Gasteiger partial charge in [-0.25, -0.2) is 4.39 Å². The van der Waals surface area contributed by atoms with Gasteiger partial charge in [0.05, 0.1) is 0 Å². The molecule has 1 amide bonds. The molecule has 0 unspecified atom stereocenters. The Kier molecular flexibility index (Phi) is 4.01. The van der Waals surface area contributed by atoms with Crippen LogP contribution in [0.4, 0.5) is 4.39 Å². The van der Waals surface area contributed by atoms with Gasteiger partial charge < -0.3 is 14.9 Å². The first-order chi connectivity index (χ1) is 11.1. The lowest BCUT2D eigenvalue weighted by atomic mass is 10.2. The Balaban J connectivity index is 1.65. The standard InChI is InChI=1S/C16H12FN3O3/c17-12-5-1-11(2-6-12)16-20-19-14(23-16)9-22-13-7-3-10(4-8-13)15(18)21/h1-8H,9H2,(H2,18,21). The highest BCUT2D eigenvalue weighted by Gasteiger charge is 2.09. The summed E-state index contributed by atoms with van der Waals surface area (Å²) < 4.78 is 23.8. The molecule has 0 atom stereocenters. The van der Waals surface area contributed by atoms with Crippen LogP contribution in [0.5, 0.6) is 5.75 Å². The van der Waals surface area contributed by atoms with Gasteiger partial charge in [-0.1, -0.05) is 0 Å². The molecule has 1 aromatic heterocycles. The predicted molar refractivity (Wildman–Crippen MR) is 79.0 cm³/mol. The highest BCUT2D eigenvalue weighted by atomic mass is 19.1. The number of hydrogen-bond donors (Lipinski definition) is 1. The van der Waals surface area contributed by atoms with E-state index in [4.69, 9.17) is 14.9 Å². The molecule has 0 aliphatic rings. The van der Waals surface area contributed by atoms with Crippen LogP contribution >= 0.6 is 0 Å². The molecule has 23 heavy (non-hydrogen) atoms. The first-order valence-corrected chi connectivity index (χ1v) is 6.73. The second-order valence-corrected chi connectivity index (χ2v) is 4.69. The summed E-state index contributed by atoms with van der Waals surface area (Å²) in [6, 6.07) is 12.1. The number of benzene rings is 2. The number of amides is 1. The molecular weight excluding hydrogens is 301 g/mol. The van der Waals surface area contributed by atoms with Crippen molar-refractivity contribution < 1.29 is 18.3 Å². The Hall–Kier alpha value is -3.22. The normalized spacial score (nSPS) is 10.5. The molecule has 0 spiro atoms. The molecule has 0 radical (unpaired) electrons. The fourth-order valence-corrected chi connectivity index (χ4v) is 1.88. The summed E-state index contributed by atoms with van der Waals surface area (Å²) in [5, 5.41) is 7.75. The average molecular weight is 313 g/mol. The molecule has 0 saturated heterocycles. The molecule has 6 nitrogen and oxygen atoms in total. The van der Waals surface area contributed by atoms with E-state index in [0.717, 1.165) is 0 Å². The molecule has 0 saturated carbocycles. The number of nitrogens with zero attached hydrogens (tertiary/aromatic N) is 2. The summed E-state index contributed by atoms with van der Waals surface area (Å²) in [6.45, 7) is 0.0735. The molecule has 3 aromatic rings. The number of halogens is 1. The third-order valence-corrected chi connectivity index (χ3v) is 3.06. The zero-order valence-corrected chi connectivity index (χ0v) is 11.9. The lowest BCUT2D eigenvalue weighted by molar-refractivity contribution is 0.1000. The summed E-state index contributed by atoms with van der Waals surface area (Å²) in [5.74, 6) is 0.265. The molecule has 1 heterocycles. The quantitative estimate of drug-likeness (QED) is 0.781. The van der Waals surface area contributed by atoms with Crippen LogP contribution in [-0.2, 0) is 6.61 Å². The summed E-state index contributed by atoms with van der Waals surface area (Å²) in [5.41, 5.74) is 6.18. The van der Waals surface area contributed by atoms with E-state index in [-0.39, 0.29) is 24.2 Å². The molecule has 2 aromatic carbocycles. The van der Waals surface area contributed by atoms with Gasteiger partial charge in [-0.15, -0.1) is 10.2 Å². The number of carbonyl (C=O) groups excluding carboxylic acids is 1. The van der Waals surface area contributed by atoms with E-state index in [0.29, 0.717) is 16.9 Å². The van der Waals surface area contributed by atoms with Gasteiger partial charge in [0.25, 0.3) is 5.89 Å². The summed E-state index contributed by atoms with van der Waals surface area (Å²) in [6.07, 6.45) is 0. The highest BCUT2D eigenvalue weighted by Crippen LogP contribution is 2.19. The number of nitrogens with two attached hydrogens (primary N) is 1. The van der Waals surface area contributed by atoms with Gasteiger partial charge in [0.2, 0.25) is 11.8 Å². The molecule has 3 rings (SSSR count). The molecule has 0 aliphatic carbocycles. The fourth-order valence-electron chi connectivity index (χ4n) is 1.88. The number of rotatable bonds is 5. The van der Waals surface area contributed by atoms with Gasteiger partial charge in [0.15, 0.2) is 6.61 Å². The Morgan fingerprint density at radius 2 is 1.78 bits per heavy atom. The highest BCUT2D eigenvalue weighted by molar-refractivity contribution is 5.92. The van der Waals surface area contributed by atoms with Crippen LogP contribution in [0.2, 0.25) is 0 Å². The van der Waals surface area contributed by atoms with E-state index in [9.17, 15) is 9.18 Å². The van der Waals surface area contributed by atoms with Crippen molar-refractivity contribution in [2.75, 3.05) is 0 Å². The fraction of sp³-hybridized carbons (Fsp3) is 0.0625. The first kappa shape index (κ1) is 14.7. The van der Waals surface area contributed by atoms with Gasteiger partial charge in [0, 0.05) is 11.1 Å². The Labute approximate surface area is 130 Å². The van der Waals surface area contributed by atoms with Crippen molar-refractivity contribution in [2.24, 2.45) is 5.73 Å². The molecular formula is C16H12FN3O3. The van der Waals surface area contributed by atoms with Crippen molar-refractivity contribution in [3.05, 3.63) is 65.8 Å². The lowest BCUT2D eigenvalue weighted by Gasteiger charge is -2.03. The van der Waals surface area contributed by atoms with Crippen molar-refractivity contribution >= 4 is 5.91 Å².